The van der Waals surface area contributed by atoms with E-state index in [9.17, 15) is 4.79 Å². The Hall–Kier alpha value is -1.23. The summed E-state index contributed by atoms with van der Waals surface area (Å²) in [7, 11) is 1.33. The molecule has 4 nitrogen and oxygen atoms in total. The van der Waals surface area contributed by atoms with Gasteiger partial charge in [0.15, 0.2) is 5.69 Å². The van der Waals surface area contributed by atoms with E-state index in [0.29, 0.717) is 17.0 Å². The first-order valence-electron chi connectivity index (χ1n) is 3.68. The van der Waals surface area contributed by atoms with Crippen molar-refractivity contribution in [3.8, 4) is 0 Å². The smallest absolute Gasteiger partial charge is 0.356 e. The standard InChI is InChI=1S/C8H10N2O2S/c1-12-8(11)7-6(3-2-4-13)5-9-10-7/h2-3,5,13H,4H2,1H3,(H,9,10). The molecule has 0 aliphatic heterocycles. The number of ether oxygens (including phenoxy) is 1. The van der Waals surface area contributed by atoms with Gasteiger partial charge in [-0.1, -0.05) is 12.2 Å². The molecule has 1 rings (SSSR count). The second-order valence-corrected chi connectivity index (χ2v) is 2.64. The van der Waals surface area contributed by atoms with Crippen LogP contribution in [0.1, 0.15) is 16.1 Å². The Kier molecular flexibility index (Phi) is 3.57. The van der Waals surface area contributed by atoms with Crippen molar-refractivity contribution in [2.75, 3.05) is 12.9 Å². The minimum atomic E-state index is -0.420. The molecule has 1 N–H and O–H groups in total. The van der Waals surface area contributed by atoms with Crippen molar-refractivity contribution in [2.45, 2.75) is 0 Å². The maximum Gasteiger partial charge on any atom is 0.356 e. The van der Waals surface area contributed by atoms with Gasteiger partial charge in [0.25, 0.3) is 0 Å². The van der Waals surface area contributed by atoms with Crippen LogP contribution in [-0.4, -0.2) is 29.0 Å². The Morgan fingerprint density at radius 3 is 3.23 bits per heavy atom. The van der Waals surface area contributed by atoms with E-state index >= 15 is 0 Å². The predicted molar refractivity (Wildman–Crippen MR) is 52.8 cm³/mol. The molecular weight excluding hydrogens is 188 g/mol. The van der Waals surface area contributed by atoms with Crippen LogP contribution in [0.2, 0.25) is 0 Å². The van der Waals surface area contributed by atoms with Crippen LogP contribution in [0.5, 0.6) is 0 Å². The first-order chi connectivity index (χ1) is 6.29. The van der Waals surface area contributed by atoms with E-state index in [2.05, 4.69) is 27.6 Å². The van der Waals surface area contributed by atoms with Crippen molar-refractivity contribution in [3.05, 3.63) is 23.5 Å². The summed E-state index contributed by atoms with van der Waals surface area (Å²) >= 11 is 4.01. The molecule has 0 saturated carbocycles. The molecule has 0 saturated heterocycles. The SMILES string of the molecule is COC(=O)c1[nH]ncc1C=CCS. The molecule has 0 spiro atoms. The zero-order chi connectivity index (χ0) is 9.68. The molecule has 70 valence electrons. The van der Waals surface area contributed by atoms with E-state index in [1.807, 2.05) is 6.08 Å². The zero-order valence-electron chi connectivity index (χ0n) is 7.15. The number of hydrogen-bond acceptors (Lipinski definition) is 4. The molecule has 0 aliphatic carbocycles. The lowest BCUT2D eigenvalue weighted by atomic mass is 10.2. The van der Waals surface area contributed by atoms with Crippen LogP contribution >= 0.6 is 12.6 Å². The summed E-state index contributed by atoms with van der Waals surface area (Å²) in [6.45, 7) is 0. The summed E-state index contributed by atoms with van der Waals surface area (Å²) < 4.78 is 4.55. The number of H-pyrrole nitrogens is 1. The van der Waals surface area contributed by atoms with Gasteiger partial charge >= 0.3 is 5.97 Å². The van der Waals surface area contributed by atoms with E-state index in [1.54, 1.807) is 12.3 Å². The fraction of sp³-hybridized carbons (Fsp3) is 0.250. The molecule has 1 heterocycles. The molecule has 13 heavy (non-hydrogen) atoms. The van der Waals surface area contributed by atoms with Gasteiger partial charge in [0.1, 0.15) is 0 Å². The van der Waals surface area contributed by atoms with Crippen LogP contribution in [0, 0.1) is 0 Å². The highest BCUT2D eigenvalue weighted by atomic mass is 32.1. The molecular formula is C8H10N2O2S. The van der Waals surface area contributed by atoms with Gasteiger partial charge in [-0.15, -0.1) is 0 Å². The van der Waals surface area contributed by atoms with Gasteiger partial charge in [-0.05, 0) is 0 Å². The number of carbonyl (C=O) groups excluding carboxylic acids is 1. The minimum absolute atomic E-state index is 0.362. The van der Waals surface area contributed by atoms with Gasteiger partial charge in [0.2, 0.25) is 0 Å². The fourth-order valence-corrected chi connectivity index (χ4v) is 0.972. The van der Waals surface area contributed by atoms with Crippen molar-refractivity contribution < 1.29 is 9.53 Å². The number of aromatic amines is 1. The van der Waals surface area contributed by atoms with Crippen LogP contribution in [0.4, 0.5) is 0 Å². The number of nitrogens with one attached hydrogen (secondary N) is 1. The number of carbonyl (C=O) groups is 1. The first-order valence-corrected chi connectivity index (χ1v) is 4.32. The van der Waals surface area contributed by atoms with E-state index in [1.165, 1.54) is 7.11 Å². The Morgan fingerprint density at radius 1 is 1.85 bits per heavy atom. The summed E-state index contributed by atoms with van der Waals surface area (Å²) in [5, 5.41) is 6.31. The lowest BCUT2D eigenvalue weighted by Crippen LogP contribution is -2.03. The van der Waals surface area contributed by atoms with Gasteiger partial charge < -0.3 is 4.74 Å². The highest BCUT2D eigenvalue weighted by molar-refractivity contribution is 7.80. The lowest BCUT2D eigenvalue weighted by molar-refractivity contribution is 0.0594. The number of hydrogen-bond donors (Lipinski definition) is 2. The van der Waals surface area contributed by atoms with Crippen LogP contribution in [0.3, 0.4) is 0 Å². The molecule has 1 aromatic heterocycles. The van der Waals surface area contributed by atoms with Crippen LogP contribution < -0.4 is 0 Å². The van der Waals surface area contributed by atoms with E-state index < -0.39 is 5.97 Å². The summed E-state index contributed by atoms with van der Waals surface area (Å²) in [5.74, 6) is 0.197. The lowest BCUT2D eigenvalue weighted by Gasteiger charge is -1.95. The van der Waals surface area contributed by atoms with Gasteiger partial charge in [0, 0.05) is 11.3 Å². The molecule has 5 heteroatoms. The molecule has 0 bridgehead atoms. The third kappa shape index (κ3) is 2.35. The van der Waals surface area contributed by atoms with E-state index in [-0.39, 0.29) is 0 Å². The van der Waals surface area contributed by atoms with Crippen molar-refractivity contribution >= 4 is 24.7 Å². The highest BCUT2D eigenvalue weighted by Gasteiger charge is 2.11. The van der Waals surface area contributed by atoms with Crippen molar-refractivity contribution in [3.63, 3.8) is 0 Å². The molecule has 0 atom stereocenters. The van der Waals surface area contributed by atoms with E-state index in [0.717, 1.165) is 0 Å². The maximum atomic E-state index is 11.1. The molecule has 0 aromatic carbocycles. The number of methoxy groups -OCH3 is 1. The Bertz CT molecular complexity index is 320. The summed E-state index contributed by atoms with van der Waals surface area (Å²) in [5.41, 5.74) is 1.07. The van der Waals surface area contributed by atoms with Crippen LogP contribution in [-0.2, 0) is 4.74 Å². The van der Waals surface area contributed by atoms with Crippen molar-refractivity contribution in [2.24, 2.45) is 0 Å². The average Bonchev–Trinajstić information content (AvgIpc) is 2.61. The monoisotopic (exact) mass is 198 g/mol. The quantitative estimate of drug-likeness (QED) is 0.565. The number of nitrogens with zero attached hydrogens (tertiary/aromatic N) is 1. The molecule has 0 unspecified atom stereocenters. The summed E-state index contributed by atoms with van der Waals surface area (Å²) in [6.07, 6.45) is 5.15. The third-order valence-corrected chi connectivity index (χ3v) is 1.67. The number of aromatic nitrogens is 2. The average molecular weight is 198 g/mol. The van der Waals surface area contributed by atoms with E-state index in [4.69, 9.17) is 0 Å². The molecule has 1 aromatic rings. The van der Waals surface area contributed by atoms with Crippen LogP contribution in [0.15, 0.2) is 12.3 Å². The topological polar surface area (TPSA) is 55.0 Å². The number of rotatable bonds is 3. The normalized spacial score (nSPS) is 10.6. The molecule has 0 radical (unpaired) electrons. The largest absolute Gasteiger partial charge is 0.464 e. The maximum absolute atomic E-state index is 11.1. The highest BCUT2D eigenvalue weighted by Crippen LogP contribution is 2.07. The zero-order valence-corrected chi connectivity index (χ0v) is 8.04. The second kappa shape index (κ2) is 4.71. The van der Waals surface area contributed by atoms with Gasteiger partial charge in [-0.2, -0.15) is 17.7 Å². The summed E-state index contributed by atoms with van der Waals surface area (Å²) in [6, 6.07) is 0. The second-order valence-electron chi connectivity index (χ2n) is 2.28. The van der Waals surface area contributed by atoms with Gasteiger partial charge in [-0.3, -0.25) is 5.10 Å². The fourth-order valence-electron chi connectivity index (χ4n) is 0.867. The Labute approximate surface area is 81.4 Å². The number of esters is 1. The molecule has 0 amide bonds. The molecule has 0 aliphatic rings. The summed E-state index contributed by atoms with van der Waals surface area (Å²) in [4.78, 5) is 11.1. The Morgan fingerprint density at radius 2 is 2.62 bits per heavy atom. The van der Waals surface area contributed by atoms with Crippen molar-refractivity contribution in [1.82, 2.24) is 10.2 Å². The number of thiol groups is 1. The molecule has 0 fully saturated rings. The van der Waals surface area contributed by atoms with Gasteiger partial charge in [0.05, 0.1) is 13.3 Å². The van der Waals surface area contributed by atoms with Gasteiger partial charge in [-0.25, -0.2) is 4.79 Å². The van der Waals surface area contributed by atoms with Crippen LogP contribution in [0.25, 0.3) is 6.08 Å². The third-order valence-electron chi connectivity index (χ3n) is 1.46. The first kappa shape index (κ1) is 9.85. The van der Waals surface area contributed by atoms with Crippen molar-refractivity contribution in [1.29, 1.82) is 0 Å². The Balaban J connectivity index is 2.89. The minimum Gasteiger partial charge on any atom is -0.464 e. The predicted octanol–water partition coefficient (Wildman–Crippen LogP) is 1.14.